The van der Waals surface area contributed by atoms with Gasteiger partial charge in [-0.2, -0.15) is 0 Å². The van der Waals surface area contributed by atoms with Crippen LogP contribution in [0.15, 0.2) is 0 Å². The minimum absolute atomic E-state index is 0.131. The van der Waals surface area contributed by atoms with Gasteiger partial charge in [0.1, 0.15) is 0 Å². The molecule has 2 fully saturated rings. The summed E-state index contributed by atoms with van der Waals surface area (Å²) in [5, 5.41) is 0. The maximum absolute atomic E-state index is 11.5. The molecule has 2 rings (SSSR count). The predicted molar refractivity (Wildman–Crippen MR) is 60.2 cm³/mol. The smallest absolute Gasteiger partial charge is 0.219 e. The van der Waals surface area contributed by atoms with Crippen molar-refractivity contribution in [3.8, 4) is 0 Å². The van der Waals surface area contributed by atoms with Gasteiger partial charge in [0.05, 0.1) is 12.2 Å². The van der Waals surface area contributed by atoms with Crippen molar-refractivity contribution in [1.82, 2.24) is 4.90 Å². The molecule has 0 radical (unpaired) electrons. The molecule has 2 saturated heterocycles. The van der Waals surface area contributed by atoms with Crippen LogP contribution in [0.25, 0.3) is 0 Å². The van der Waals surface area contributed by atoms with Crippen molar-refractivity contribution in [3.05, 3.63) is 0 Å². The second-order valence-electron chi connectivity index (χ2n) is 4.69. The van der Waals surface area contributed by atoms with E-state index in [2.05, 4.69) is 0 Å². The number of rotatable bonds is 4. The summed E-state index contributed by atoms with van der Waals surface area (Å²) in [6, 6.07) is 0. The summed E-state index contributed by atoms with van der Waals surface area (Å²) in [5.41, 5.74) is 0. The van der Waals surface area contributed by atoms with Crippen LogP contribution in [-0.4, -0.2) is 49.3 Å². The van der Waals surface area contributed by atoms with E-state index < -0.39 is 0 Å². The highest BCUT2D eigenvalue weighted by Crippen LogP contribution is 2.17. The molecule has 2 atom stereocenters. The summed E-state index contributed by atoms with van der Waals surface area (Å²) >= 11 is 0. The van der Waals surface area contributed by atoms with Gasteiger partial charge in [0.25, 0.3) is 0 Å². The zero-order chi connectivity index (χ0) is 11.4. The standard InChI is InChI=1S/C12H21NO3/c1-10(14)13(8-11-4-2-6-15-11)9-12-5-3-7-16-12/h11-12H,2-9H2,1H3. The summed E-state index contributed by atoms with van der Waals surface area (Å²) in [4.78, 5) is 13.4. The number of carbonyl (C=O) groups is 1. The van der Waals surface area contributed by atoms with E-state index in [-0.39, 0.29) is 18.1 Å². The highest BCUT2D eigenvalue weighted by molar-refractivity contribution is 5.73. The van der Waals surface area contributed by atoms with Crippen LogP contribution in [0.3, 0.4) is 0 Å². The molecule has 4 heteroatoms. The number of hydrogen-bond donors (Lipinski definition) is 0. The molecule has 92 valence electrons. The number of ether oxygens (including phenoxy) is 2. The van der Waals surface area contributed by atoms with Crippen molar-refractivity contribution >= 4 is 5.91 Å². The Morgan fingerprint density at radius 2 is 1.62 bits per heavy atom. The van der Waals surface area contributed by atoms with Gasteiger partial charge in [0.2, 0.25) is 5.91 Å². The first-order valence-corrected chi connectivity index (χ1v) is 6.24. The van der Waals surface area contributed by atoms with E-state index in [9.17, 15) is 4.79 Å². The van der Waals surface area contributed by atoms with Gasteiger partial charge < -0.3 is 14.4 Å². The Hall–Kier alpha value is -0.610. The van der Waals surface area contributed by atoms with Crippen LogP contribution in [0.5, 0.6) is 0 Å². The molecule has 0 spiro atoms. The molecule has 0 aliphatic carbocycles. The molecule has 0 aromatic heterocycles. The third-order valence-electron chi connectivity index (χ3n) is 3.34. The number of hydrogen-bond acceptors (Lipinski definition) is 3. The fraction of sp³-hybridized carbons (Fsp3) is 0.917. The zero-order valence-corrected chi connectivity index (χ0v) is 9.98. The Morgan fingerprint density at radius 1 is 1.12 bits per heavy atom. The molecule has 1 amide bonds. The molecule has 2 unspecified atom stereocenters. The Balaban J connectivity index is 1.81. The monoisotopic (exact) mass is 227 g/mol. The summed E-state index contributed by atoms with van der Waals surface area (Å²) in [6.07, 6.45) is 4.88. The normalized spacial score (nSPS) is 29.6. The van der Waals surface area contributed by atoms with Gasteiger partial charge in [0.15, 0.2) is 0 Å². The van der Waals surface area contributed by atoms with E-state index in [4.69, 9.17) is 9.47 Å². The topological polar surface area (TPSA) is 38.8 Å². The van der Waals surface area contributed by atoms with Gasteiger partial charge >= 0.3 is 0 Å². The van der Waals surface area contributed by atoms with Crippen molar-refractivity contribution in [2.75, 3.05) is 26.3 Å². The van der Waals surface area contributed by atoms with Crippen molar-refractivity contribution in [1.29, 1.82) is 0 Å². The Kier molecular flexibility index (Phi) is 4.18. The van der Waals surface area contributed by atoms with E-state index in [0.717, 1.165) is 52.0 Å². The molecule has 2 heterocycles. The van der Waals surface area contributed by atoms with E-state index in [0.29, 0.717) is 0 Å². The van der Waals surface area contributed by atoms with Gasteiger partial charge in [-0.05, 0) is 25.7 Å². The molecule has 16 heavy (non-hydrogen) atoms. The third-order valence-corrected chi connectivity index (χ3v) is 3.34. The number of carbonyl (C=O) groups excluding carboxylic acids is 1. The van der Waals surface area contributed by atoms with Crippen LogP contribution in [0.2, 0.25) is 0 Å². The number of nitrogens with zero attached hydrogens (tertiary/aromatic N) is 1. The van der Waals surface area contributed by atoms with Crippen LogP contribution in [0, 0.1) is 0 Å². The van der Waals surface area contributed by atoms with Crippen LogP contribution >= 0.6 is 0 Å². The minimum atomic E-state index is 0.131. The van der Waals surface area contributed by atoms with Gasteiger partial charge in [-0.3, -0.25) is 4.79 Å². The summed E-state index contributed by atoms with van der Waals surface area (Å²) in [7, 11) is 0. The highest BCUT2D eigenvalue weighted by Gasteiger charge is 2.24. The molecule has 0 N–H and O–H groups in total. The number of amides is 1. The zero-order valence-electron chi connectivity index (χ0n) is 9.98. The van der Waals surface area contributed by atoms with Gasteiger partial charge in [-0.1, -0.05) is 0 Å². The first kappa shape index (κ1) is 11.9. The minimum Gasteiger partial charge on any atom is -0.376 e. The van der Waals surface area contributed by atoms with Crippen molar-refractivity contribution in [3.63, 3.8) is 0 Å². The quantitative estimate of drug-likeness (QED) is 0.724. The van der Waals surface area contributed by atoms with Crippen LogP contribution < -0.4 is 0 Å². The largest absolute Gasteiger partial charge is 0.376 e. The van der Waals surface area contributed by atoms with Crippen molar-refractivity contribution in [2.45, 2.75) is 44.8 Å². The van der Waals surface area contributed by atoms with Gasteiger partial charge in [-0.15, -0.1) is 0 Å². The van der Waals surface area contributed by atoms with E-state index in [1.165, 1.54) is 0 Å². The fourth-order valence-electron chi connectivity index (χ4n) is 2.40. The molecular weight excluding hydrogens is 206 g/mol. The Morgan fingerprint density at radius 3 is 1.94 bits per heavy atom. The molecular formula is C12H21NO3. The molecule has 4 nitrogen and oxygen atoms in total. The second kappa shape index (κ2) is 5.64. The molecule has 0 aromatic carbocycles. The first-order valence-electron chi connectivity index (χ1n) is 6.24. The average molecular weight is 227 g/mol. The SMILES string of the molecule is CC(=O)N(CC1CCCO1)CC1CCCO1. The molecule has 2 aliphatic heterocycles. The predicted octanol–water partition coefficient (Wildman–Crippen LogP) is 1.19. The fourth-order valence-corrected chi connectivity index (χ4v) is 2.40. The maximum Gasteiger partial charge on any atom is 0.219 e. The Bertz CT molecular complexity index is 214. The second-order valence-corrected chi connectivity index (χ2v) is 4.69. The Labute approximate surface area is 96.9 Å². The summed E-state index contributed by atoms with van der Waals surface area (Å²) in [5.74, 6) is 0.131. The van der Waals surface area contributed by atoms with Crippen LogP contribution in [-0.2, 0) is 14.3 Å². The van der Waals surface area contributed by atoms with E-state index in [1.54, 1.807) is 6.92 Å². The van der Waals surface area contributed by atoms with Crippen LogP contribution in [0.1, 0.15) is 32.6 Å². The molecule has 2 aliphatic rings. The molecule has 0 saturated carbocycles. The summed E-state index contributed by atoms with van der Waals surface area (Å²) in [6.45, 7) is 4.78. The average Bonchev–Trinajstić information content (AvgIpc) is 2.88. The first-order chi connectivity index (χ1) is 7.75. The van der Waals surface area contributed by atoms with E-state index >= 15 is 0 Å². The lowest BCUT2D eigenvalue weighted by atomic mass is 10.2. The third kappa shape index (κ3) is 3.19. The lowest BCUT2D eigenvalue weighted by molar-refractivity contribution is -0.132. The van der Waals surface area contributed by atoms with Crippen LogP contribution in [0.4, 0.5) is 0 Å². The van der Waals surface area contributed by atoms with E-state index in [1.807, 2.05) is 4.90 Å². The highest BCUT2D eigenvalue weighted by atomic mass is 16.5. The van der Waals surface area contributed by atoms with Gasteiger partial charge in [-0.25, -0.2) is 0 Å². The van der Waals surface area contributed by atoms with Crippen molar-refractivity contribution in [2.24, 2.45) is 0 Å². The lowest BCUT2D eigenvalue weighted by Crippen LogP contribution is -2.40. The lowest BCUT2D eigenvalue weighted by Gasteiger charge is -2.26. The van der Waals surface area contributed by atoms with Crippen molar-refractivity contribution < 1.29 is 14.3 Å². The summed E-state index contributed by atoms with van der Waals surface area (Å²) < 4.78 is 11.1. The van der Waals surface area contributed by atoms with Gasteiger partial charge in [0, 0.05) is 33.2 Å². The molecule has 0 aromatic rings. The molecule has 0 bridgehead atoms. The maximum atomic E-state index is 11.5.